The van der Waals surface area contributed by atoms with Crippen LogP contribution in [0, 0.1) is 5.92 Å². The lowest BCUT2D eigenvalue weighted by atomic mass is 9.97. The lowest BCUT2D eigenvalue weighted by Gasteiger charge is -2.34. The van der Waals surface area contributed by atoms with Crippen molar-refractivity contribution in [2.75, 3.05) is 54.0 Å². The first-order chi connectivity index (χ1) is 14.0. The van der Waals surface area contributed by atoms with Gasteiger partial charge in [0.05, 0.1) is 32.2 Å². The van der Waals surface area contributed by atoms with Gasteiger partial charge in [-0.15, -0.1) is 0 Å². The molecule has 1 fully saturated rings. The molecule has 1 atom stereocenters. The molecule has 1 aromatic rings. The molecule has 7 nitrogen and oxygen atoms in total. The third-order valence-electron chi connectivity index (χ3n) is 5.27. The summed E-state index contributed by atoms with van der Waals surface area (Å²) in [6.45, 7) is 7.43. The number of rotatable bonds is 8. The molecule has 1 saturated heterocycles. The predicted octanol–water partition coefficient (Wildman–Crippen LogP) is 2.54. The largest absolute Gasteiger partial charge is 0.497 e. The normalized spacial score (nSPS) is 16.6. The summed E-state index contributed by atoms with van der Waals surface area (Å²) < 4.78 is 10.6. The average molecular weight is 405 g/mol. The number of nitrogens with one attached hydrogen (secondary N) is 1. The smallest absolute Gasteiger partial charge is 0.309 e. The Hall–Kier alpha value is -2.28. The van der Waals surface area contributed by atoms with Crippen LogP contribution < -0.4 is 10.1 Å². The summed E-state index contributed by atoms with van der Waals surface area (Å²) >= 11 is 0. The summed E-state index contributed by atoms with van der Waals surface area (Å²) in [7, 11) is 5.82. The van der Waals surface area contributed by atoms with Gasteiger partial charge < -0.3 is 24.6 Å². The molecule has 0 bridgehead atoms. The molecule has 7 heteroatoms. The van der Waals surface area contributed by atoms with Crippen LogP contribution in [0.25, 0.3) is 0 Å². The molecule has 0 aromatic heterocycles. The summed E-state index contributed by atoms with van der Waals surface area (Å²) in [6.07, 6.45) is 1.60. The third kappa shape index (κ3) is 6.63. The molecule has 0 aliphatic carbocycles. The highest BCUT2D eigenvalue weighted by Gasteiger charge is 2.27. The van der Waals surface area contributed by atoms with Crippen LogP contribution in [0.1, 0.15) is 38.3 Å². The van der Waals surface area contributed by atoms with Gasteiger partial charge in [-0.2, -0.15) is 0 Å². The summed E-state index contributed by atoms with van der Waals surface area (Å²) in [4.78, 5) is 21.3. The van der Waals surface area contributed by atoms with E-state index in [1.165, 1.54) is 5.56 Å². The van der Waals surface area contributed by atoms with E-state index >= 15 is 0 Å². The van der Waals surface area contributed by atoms with Crippen molar-refractivity contribution in [3.8, 4) is 5.75 Å². The summed E-state index contributed by atoms with van der Waals surface area (Å²) in [5.41, 5.74) is 1.18. The molecule has 0 spiro atoms. The zero-order chi connectivity index (χ0) is 21.2. The lowest BCUT2D eigenvalue weighted by molar-refractivity contribution is -0.149. The number of carbonyl (C=O) groups is 1. The molecule has 0 radical (unpaired) electrons. The molecular formula is C22H36N4O3. The highest BCUT2D eigenvalue weighted by molar-refractivity contribution is 5.80. The Bertz CT molecular complexity index is 670. The maximum Gasteiger partial charge on any atom is 0.309 e. The molecule has 1 N–H and O–H groups in total. The minimum Gasteiger partial charge on any atom is -0.497 e. The van der Waals surface area contributed by atoms with Gasteiger partial charge in [-0.1, -0.05) is 12.1 Å². The Morgan fingerprint density at radius 1 is 1.31 bits per heavy atom. The van der Waals surface area contributed by atoms with Crippen LogP contribution >= 0.6 is 0 Å². The first-order valence-electron chi connectivity index (χ1n) is 10.5. The van der Waals surface area contributed by atoms with E-state index in [9.17, 15) is 4.79 Å². The van der Waals surface area contributed by atoms with E-state index in [-0.39, 0.29) is 17.9 Å². The van der Waals surface area contributed by atoms with Crippen molar-refractivity contribution < 1.29 is 14.3 Å². The quantitative estimate of drug-likeness (QED) is 0.408. The molecule has 29 heavy (non-hydrogen) atoms. The number of hydrogen-bond donors (Lipinski definition) is 1. The highest BCUT2D eigenvalue weighted by Crippen LogP contribution is 2.23. The summed E-state index contributed by atoms with van der Waals surface area (Å²) in [5.74, 6) is 1.69. The summed E-state index contributed by atoms with van der Waals surface area (Å²) in [6, 6.07) is 8.30. The van der Waals surface area contributed by atoms with Gasteiger partial charge >= 0.3 is 5.97 Å². The maximum absolute atomic E-state index is 12.0. The van der Waals surface area contributed by atoms with Crippen molar-refractivity contribution in [2.45, 2.75) is 32.7 Å². The molecule has 1 aliphatic rings. The zero-order valence-electron chi connectivity index (χ0n) is 18.5. The molecule has 0 amide bonds. The third-order valence-corrected chi connectivity index (χ3v) is 5.27. The van der Waals surface area contributed by atoms with Crippen LogP contribution in [0.5, 0.6) is 5.75 Å². The van der Waals surface area contributed by atoms with Gasteiger partial charge in [0, 0.05) is 19.6 Å². The number of benzene rings is 1. The van der Waals surface area contributed by atoms with Crippen molar-refractivity contribution in [1.82, 2.24) is 15.1 Å². The fraction of sp³-hybridized carbons (Fsp3) is 0.636. The van der Waals surface area contributed by atoms with Crippen LogP contribution in [-0.4, -0.2) is 75.7 Å². The van der Waals surface area contributed by atoms with Crippen molar-refractivity contribution in [3.05, 3.63) is 29.8 Å². The van der Waals surface area contributed by atoms with Gasteiger partial charge in [0.15, 0.2) is 5.96 Å². The molecule has 1 aromatic carbocycles. The molecule has 1 aliphatic heterocycles. The van der Waals surface area contributed by atoms with E-state index in [0.29, 0.717) is 13.2 Å². The second-order valence-corrected chi connectivity index (χ2v) is 7.46. The second-order valence-electron chi connectivity index (χ2n) is 7.46. The molecule has 162 valence electrons. The Kier molecular flexibility index (Phi) is 9.25. The Morgan fingerprint density at radius 2 is 2.03 bits per heavy atom. The van der Waals surface area contributed by atoms with Crippen molar-refractivity contribution in [3.63, 3.8) is 0 Å². The van der Waals surface area contributed by atoms with Gasteiger partial charge in [-0.3, -0.25) is 9.79 Å². The standard InChI is InChI=1S/C22H36N4O3/c1-6-23-22(26-13-11-17(12-14-26)21(27)29-7-2)24-16-20(25(3)4)18-9-8-10-19(15-18)28-5/h8-10,15,17,20H,6-7,11-14,16H2,1-5H3,(H,23,24). The highest BCUT2D eigenvalue weighted by atomic mass is 16.5. The van der Waals surface area contributed by atoms with Crippen molar-refractivity contribution in [1.29, 1.82) is 0 Å². The van der Waals surface area contributed by atoms with Gasteiger partial charge in [0.2, 0.25) is 0 Å². The van der Waals surface area contributed by atoms with Crippen LogP contribution in [0.15, 0.2) is 29.3 Å². The number of hydrogen-bond acceptors (Lipinski definition) is 5. The van der Waals surface area contributed by atoms with Gasteiger partial charge in [0.25, 0.3) is 0 Å². The number of ether oxygens (including phenoxy) is 2. The molecule has 2 rings (SSSR count). The lowest BCUT2D eigenvalue weighted by Crippen LogP contribution is -2.47. The first-order valence-corrected chi connectivity index (χ1v) is 10.5. The number of carbonyl (C=O) groups excluding carboxylic acids is 1. The topological polar surface area (TPSA) is 66.4 Å². The van der Waals surface area contributed by atoms with Crippen LogP contribution in [0.3, 0.4) is 0 Å². The van der Waals surface area contributed by atoms with Gasteiger partial charge in [-0.25, -0.2) is 0 Å². The number of likely N-dealkylation sites (N-methyl/N-ethyl adjacent to an activating group) is 1. The predicted molar refractivity (Wildman–Crippen MR) is 116 cm³/mol. The van der Waals surface area contributed by atoms with Gasteiger partial charge in [-0.05, 0) is 58.5 Å². The Morgan fingerprint density at radius 3 is 2.62 bits per heavy atom. The number of esters is 1. The number of guanidine groups is 1. The number of aliphatic imine (C=N–C) groups is 1. The molecular weight excluding hydrogens is 368 g/mol. The first kappa shape index (κ1) is 23.0. The number of piperidine rings is 1. The van der Waals surface area contributed by atoms with Gasteiger partial charge in [0.1, 0.15) is 5.75 Å². The Balaban J connectivity index is 2.07. The van der Waals surface area contributed by atoms with Crippen LogP contribution in [0.2, 0.25) is 0 Å². The van der Waals surface area contributed by atoms with Crippen molar-refractivity contribution >= 4 is 11.9 Å². The van der Waals surface area contributed by atoms with E-state index in [0.717, 1.165) is 44.2 Å². The molecule has 1 unspecified atom stereocenters. The van der Waals surface area contributed by atoms with E-state index in [1.54, 1.807) is 7.11 Å². The minimum absolute atomic E-state index is 0.000355. The monoisotopic (exact) mass is 404 g/mol. The van der Waals surface area contributed by atoms with Crippen molar-refractivity contribution in [2.24, 2.45) is 10.9 Å². The summed E-state index contributed by atoms with van der Waals surface area (Å²) in [5, 5.41) is 3.41. The maximum atomic E-state index is 12.0. The van der Waals surface area contributed by atoms with Crippen LogP contribution in [0.4, 0.5) is 0 Å². The van der Waals surface area contributed by atoms with E-state index in [2.05, 4.69) is 48.3 Å². The van der Waals surface area contributed by atoms with E-state index < -0.39 is 0 Å². The van der Waals surface area contributed by atoms with Crippen LogP contribution in [-0.2, 0) is 9.53 Å². The second kappa shape index (κ2) is 11.7. The van der Waals surface area contributed by atoms with E-state index in [1.807, 2.05) is 19.1 Å². The number of nitrogens with zero attached hydrogens (tertiary/aromatic N) is 3. The van der Waals surface area contributed by atoms with E-state index in [4.69, 9.17) is 14.5 Å². The fourth-order valence-corrected chi connectivity index (χ4v) is 3.60. The molecule has 0 saturated carbocycles. The molecule has 1 heterocycles. The number of likely N-dealkylation sites (tertiary alicyclic amines) is 1. The minimum atomic E-state index is -0.0696. The Labute approximate surface area is 175 Å². The fourth-order valence-electron chi connectivity index (χ4n) is 3.60. The SMILES string of the molecule is CCNC(=NCC(c1cccc(OC)c1)N(C)C)N1CCC(C(=O)OCC)CC1. The zero-order valence-corrected chi connectivity index (χ0v) is 18.5. The average Bonchev–Trinajstić information content (AvgIpc) is 2.73. The number of methoxy groups -OCH3 is 1.